The molecule has 0 aromatic heterocycles. The van der Waals surface area contributed by atoms with Crippen molar-refractivity contribution in [2.75, 3.05) is 5.32 Å². The average Bonchev–Trinajstić information content (AvgIpc) is 2.55. The third kappa shape index (κ3) is 4.17. The van der Waals surface area contributed by atoms with E-state index >= 15 is 0 Å². The molecule has 116 valence electrons. The number of para-hydroxylation sites is 1. The van der Waals surface area contributed by atoms with E-state index in [1.165, 1.54) is 6.92 Å². The van der Waals surface area contributed by atoms with Crippen LogP contribution in [0.5, 0.6) is 5.75 Å². The number of ether oxygens (including phenoxy) is 1. The first-order chi connectivity index (χ1) is 11.0. The van der Waals surface area contributed by atoms with Gasteiger partial charge in [-0.2, -0.15) is 5.26 Å². The van der Waals surface area contributed by atoms with E-state index in [1.807, 2.05) is 6.07 Å². The van der Waals surface area contributed by atoms with Crippen LogP contribution >= 0.6 is 0 Å². The van der Waals surface area contributed by atoms with Gasteiger partial charge in [0.05, 0.1) is 5.56 Å². The second kappa shape index (κ2) is 7.23. The maximum atomic E-state index is 12.2. The fourth-order valence-corrected chi connectivity index (χ4v) is 1.97. The van der Waals surface area contributed by atoms with Crippen molar-refractivity contribution < 1.29 is 14.3 Å². The van der Waals surface area contributed by atoms with Crippen molar-refractivity contribution in [3.05, 3.63) is 59.7 Å². The molecule has 0 aliphatic carbocycles. The standard InChI is InChI=1S/C18H16N2O3/c1-12(21)14-7-5-8-16(10-14)20-18(22)13(2)23-17-9-4-3-6-15(17)11-19/h3-10,13H,1-2H3,(H,20,22). The summed E-state index contributed by atoms with van der Waals surface area (Å²) in [5.74, 6) is -0.0815. The molecular formula is C18H16N2O3. The molecule has 1 amide bonds. The lowest BCUT2D eigenvalue weighted by Gasteiger charge is -2.15. The lowest BCUT2D eigenvalue weighted by Crippen LogP contribution is -2.30. The SMILES string of the molecule is CC(=O)c1cccc(NC(=O)C(C)Oc2ccccc2C#N)c1. The number of nitriles is 1. The van der Waals surface area contributed by atoms with Gasteiger partial charge in [-0.1, -0.05) is 24.3 Å². The third-order valence-corrected chi connectivity index (χ3v) is 3.22. The van der Waals surface area contributed by atoms with E-state index in [2.05, 4.69) is 5.32 Å². The van der Waals surface area contributed by atoms with Crippen molar-refractivity contribution in [1.29, 1.82) is 5.26 Å². The van der Waals surface area contributed by atoms with Crippen LogP contribution in [-0.4, -0.2) is 17.8 Å². The molecule has 0 bridgehead atoms. The van der Waals surface area contributed by atoms with Crippen LogP contribution in [0, 0.1) is 11.3 Å². The maximum absolute atomic E-state index is 12.2. The molecule has 0 saturated heterocycles. The molecule has 1 N–H and O–H groups in total. The number of benzene rings is 2. The molecule has 0 radical (unpaired) electrons. The average molecular weight is 308 g/mol. The molecule has 1 unspecified atom stereocenters. The van der Waals surface area contributed by atoms with Crippen LogP contribution < -0.4 is 10.1 Å². The number of nitrogens with one attached hydrogen (secondary N) is 1. The Morgan fingerprint density at radius 2 is 1.91 bits per heavy atom. The largest absolute Gasteiger partial charge is 0.480 e. The number of hydrogen-bond donors (Lipinski definition) is 1. The summed E-state index contributed by atoms with van der Waals surface area (Å²) in [6.07, 6.45) is -0.787. The highest BCUT2D eigenvalue weighted by atomic mass is 16.5. The summed E-state index contributed by atoms with van der Waals surface area (Å²) in [4.78, 5) is 23.6. The Hall–Kier alpha value is -3.13. The Kier molecular flexibility index (Phi) is 5.11. The molecule has 2 rings (SSSR count). The molecule has 0 aliphatic rings. The van der Waals surface area contributed by atoms with Crippen LogP contribution in [-0.2, 0) is 4.79 Å². The van der Waals surface area contributed by atoms with Gasteiger partial charge in [0, 0.05) is 11.3 Å². The number of anilines is 1. The van der Waals surface area contributed by atoms with E-state index in [1.54, 1.807) is 55.5 Å². The summed E-state index contributed by atoms with van der Waals surface area (Å²) in [5.41, 5.74) is 1.41. The zero-order valence-corrected chi connectivity index (χ0v) is 12.9. The van der Waals surface area contributed by atoms with Crippen molar-refractivity contribution in [2.24, 2.45) is 0 Å². The van der Waals surface area contributed by atoms with Crippen LogP contribution in [0.1, 0.15) is 29.8 Å². The van der Waals surface area contributed by atoms with E-state index in [9.17, 15) is 9.59 Å². The van der Waals surface area contributed by atoms with E-state index in [-0.39, 0.29) is 11.7 Å². The molecule has 5 nitrogen and oxygen atoms in total. The quantitative estimate of drug-likeness (QED) is 0.860. The number of nitrogens with zero attached hydrogens (tertiary/aromatic N) is 1. The molecule has 23 heavy (non-hydrogen) atoms. The predicted octanol–water partition coefficient (Wildman–Crippen LogP) is 3.17. The van der Waals surface area contributed by atoms with Crippen molar-refractivity contribution >= 4 is 17.4 Å². The fourth-order valence-electron chi connectivity index (χ4n) is 1.97. The topological polar surface area (TPSA) is 79.2 Å². The molecule has 1 atom stereocenters. The molecule has 0 fully saturated rings. The number of amides is 1. The van der Waals surface area contributed by atoms with Gasteiger partial charge in [-0.15, -0.1) is 0 Å². The number of carbonyl (C=O) groups is 2. The van der Waals surface area contributed by atoms with E-state index < -0.39 is 6.10 Å². The zero-order chi connectivity index (χ0) is 16.8. The van der Waals surface area contributed by atoms with E-state index in [0.717, 1.165) is 0 Å². The minimum atomic E-state index is -0.787. The monoisotopic (exact) mass is 308 g/mol. The van der Waals surface area contributed by atoms with Gasteiger partial charge in [0.15, 0.2) is 11.9 Å². The van der Waals surface area contributed by atoms with E-state index in [4.69, 9.17) is 10.00 Å². The van der Waals surface area contributed by atoms with Gasteiger partial charge >= 0.3 is 0 Å². The molecule has 0 saturated carbocycles. The fraction of sp³-hybridized carbons (Fsp3) is 0.167. The zero-order valence-electron chi connectivity index (χ0n) is 12.9. The molecule has 5 heteroatoms. The number of carbonyl (C=O) groups excluding carboxylic acids is 2. The van der Waals surface area contributed by atoms with Crippen LogP contribution in [0.2, 0.25) is 0 Å². The number of hydrogen-bond acceptors (Lipinski definition) is 4. The Morgan fingerprint density at radius 3 is 2.61 bits per heavy atom. The first kappa shape index (κ1) is 16.2. The van der Waals surface area contributed by atoms with Gasteiger partial charge < -0.3 is 10.1 Å². The lowest BCUT2D eigenvalue weighted by atomic mass is 10.1. The van der Waals surface area contributed by atoms with Crippen LogP contribution in [0.25, 0.3) is 0 Å². The number of ketones is 1. The Labute approximate surface area is 134 Å². The summed E-state index contributed by atoms with van der Waals surface area (Å²) in [6.45, 7) is 3.06. The minimum absolute atomic E-state index is 0.0756. The Morgan fingerprint density at radius 1 is 1.17 bits per heavy atom. The second-order valence-corrected chi connectivity index (χ2v) is 4.99. The Balaban J connectivity index is 2.07. The first-order valence-corrected chi connectivity index (χ1v) is 7.09. The second-order valence-electron chi connectivity index (χ2n) is 4.99. The first-order valence-electron chi connectivity index (χ1n) is 7.09. The molecule has 2 aromatic carbocycles. The lowest BCUT2D eigenvalue weighted by molar-refractivity contribution is -0.122. The van der Waals surface area contributed by atoms with Gasteiger partial charge in [-0.3, -0.25) is 9.59 Å². The summed E-state index contributed by atoms with van der Waals surface area (Å²) in [5, 5.41) is 11.7. The van der Waals surface area contributed by atoms with Gasteiger partial charge in [0.2, 0.25) is 0 Å². The van der Waals surface area contributed by atoms with Crippen LogP contribution in [0.3, 0.4) is 0 Å². The molecular weight excluding hydrogens is 292 g/mol. The normalized spacial score (nSPS) is 11.2. The highest BCUT2D eigenvalue weighted by molar-refractivity contribution is 5.98. The van der Waals surface area contributed by atoms with Gasteiger partial charge in [0.1, 0.15) is 11.8 Å². The van der Waals surface area contributed by atoms with Crippen molar-refractivity contribution in [3.63, 3.8) is 0 Å². The minimum Gasteiger partial charge on any atom is -0.480 e. The van der Waals surface area contributed by atoms with Crippen molar-refractivity contribution in [1.82, 2.24) is 0 Å². The Bertz CT molecular complexity index is 778. The van der Waals surface area contributed by atoms with E-state index in [0.29, 0.717) is 22.6 Å². The summed E-state index contributed by atoms with van der Waals surface area (Å²) < 4.78 is 5.55. The molecule has 0 aliphatic heterocycles. The molecule has 2 aromatic rings. The third-order valence-electron chi connectivity index (χ3n) is 3.22. The highest BCUT2D eigenvalue weighted by Gasteiger charge is 2.16. The molecule has 0 heterocycles. The number of rotatable bonds is 5. The van der Waals surface area contributed by atoms with Gasteiger partial charge in [-0.25, -0.2) is 0 Å². The van der Waals surface area contributed by atoms with Gasteiger partial charge in [-0.05, 0) is 38.1 Å². The summed E-state index contributed by atoms with van der Waals surface area (Å²) in [6, 6.07) is 15.4. The maximum Gasteiger partial charge on any atom is 0.265 e. The van der Waals surface area contributed by atoms with Crippen LogP contribution in [0.4, 0.5) is 5.69 Å². The number of Topliss-reactive ketones (excluding diaryl/α,β-unsaturated/α-hetero) is 1. The van der Waals surface area contributed by atoms with Gasteiger partial charge in [0.25, 0.3) is 5.91 Å². The highest BCUT2D eigenvalue weighted by Crippen LogP contribution is 2.19. The smallest absolute Gasteiger partial charge is 0.265 e. The summed E-state index contributed by atoms with van der Waals surface area (Å²) >= 11 is 0. The summed E-state index contributed by atoms with van der Waals surface area (Å²) in [7, 11) is 0. The van der Waals surface area contributed by atoms with Crippen molar-refractivity contribution in [2.45, 2.75) is 20.0 Å². The van der Waals surface area contributed by atoms with Crippen LogP contribution in [0.15, 0.2) is 48.5 Å². The van der Waals surface area contributed by atoms with Crippen molar-refractivity contribution in [3.8, 4) is 11.8 Å². The predicted molar refractivity (Wildman–Crippen MR) is 86.3 cm³/mol. The molecule has 0 spiro atoms.